The number of thiazole rings is 1. The molecule has 0 bridgehead atoms. The maximum atomic E-state index is 11.4. The molecule has 5 heteroatoms. The van der Waals surface area contributed by atoms with Gasteiger partial charge in [0.25, 0.3) is 0 Å². The lowest BCUT2D eigenvalue weighted by molar-refractivity contribution is 0.0595. The van der Waals surface area contributed by atoms with Crippen molar-refractivity contribution in [3.05, 3.63) is 10.7 Å². The molecule has 0 saturated heterocycles. The lowest BCUT2D eigenvalue weighted by atomic mass is 9.90. The largest absolute Gasteiger partial charge is 0.464 e. The predicted molar refractivity (Wildman–Crippen MR) is 63.7 cm³/mol. The van der Waals surface area contributed by atoms with Crippen molar-refractivity contribution < 1.29 is 9.53 Å². The van der Waals surface area contributed by atoms with Crippen molar-refractivity contribution in [2.24, 2.45) is 0 Å². The highest BCUT2D eigenvalue weighted by Crippen LogP contribution is 2.43. The van der Waals surface area contributed by atoms with Crippen molar-refractivity contribution in [1.29, 1.82) is 0 Å². The monoisotopic (exact) mass is 240 g/mol. The van der Waals surface area contributed by atoms with E-state index in [9.17, 15) is 4.79 Å². The molecule has 16 heavy (non-hydrogen) atoms. The third kappa shape index (κ3) is 1.80. The second-order valence-electron chi connectivity index (χ2n) is 4.49. The Bertz CT molecular complexity index is 408. The summed E-state index contributed by atoms with van der Waals surface area (Å²) in [5.41, 5.74) is 6.18. The fourth-order valence-corrected chi connectivity index (χ4v) is 3.22. The van der Waals surface area contributed by atoms with E-state index in [1.807, 2.05) is 0 Å². The van der Waals surface area contributed by atoms with Gasteiger partial charge in [-0.25, -0.2) is 9.78 Å². The normalized spacial score (nSPS) is 18.6. The van der Waals surface area contributed by atoms with Gasteiger partial charge in [-0.3, -0.25) is 0 Å². The molecule has 0 radical (unpaired) electrons. The van der Waals surface area contributed by atoms with Crippen molar-refractivity contribution in [2.75, 3.05) is 12.8 Å². The lowest BCUT2D eigenvalue weighted by Gasteiger charge is -2.19. The van der Waals surface area contributed by atoms with Gasteiger partial charge in [0.05, 0.1) is 7.11 Å². The van der Waals surface area contributed by atoms with E-state index in [0.29, 0.717) is 5.00 Å². The molecule has 1 saturated carbocycles. The summed E-state index contributed by atoms with van der Waals surface area (Å²) in [6.07, 6.45) is 4.70. The molecule has 2 N–H and O–H groups in total. The van der Waals surface area contributed by atoms with Crippen molar-refractivity contribution in [3.63, 3.8) is 0 Å². The van der Waals surface area contributed by atoms with Crippen LogP contribution in [0.3, 0.4) is 0 Å². The molecule has 0 unspecified atom stereocenters. The number of esters is 1. The zero-order valence-corrected chi connectivity index (χ0v) is 10.4. The summed E-state index contributed by atoms with van der Waals surface area (Å²) in [5, 5.41) is 1.44. The summed E-state index contributed by atoms with van der Waals surface area (Å²) in [7, 11) is 1.35. The molecule has 0 atom stereocenters. The molecule has 0 amide bonds. The summed E-state index contributed by atoms with van der Waals surface area (Å²) in [5.74, 6) is -0.443. The average Bonchev–Trinajstić information content (AvgIpc) is 2.85. The number of hydrogen-bond acceptors (Lipinski definition) is 5. The summed E-state index contributed by atoms with van der Waals surface area (Å²) in [6, 6.07) is 0. The highest BCUT2D eigenvalue weighted by molar-refractivity contribution is 7.16. The quantitative estimate of drug-likeness (QED) is 0.806. The van der Waals surface area contributed by atoms with Gasteiger partial charge < -0.3 is 10.5 Å². The van der Waals surface area contributed by atoms with Crippen LogP contribution in [-0.2, 0) is 10.2 Å². The van der Waals surface area contributed by atoms with Crippen molar-refractivity contribution in [2.45, 2.75) is 38.0 Å². The molecule has 1 aromatic rings. The van der Waals surface area contributed by atoms with Gasteiger partial charge in [-0.1, -0.05) is 19.8 Å². The lowest BCUT2D eigenvalue weighted by Crippen LogP contribution is -2.16. The highest BCUT2D eigenvalue weighted by atomic mass is 32.1. The maximum Gasteiger partial charge on any atom is 0.359 e. The second kappa shape index (κ2) is 4.05. The number of carbonyl (C=O) groups is 1. The highest BCUT2D eigenvalue weighted by Gasteiger charge is 2.35. The molecule has 1 heterocycles. The van der Waals surface area contributed by atoms with Crippen molar-refractivity contribution in [1.82, 2.24) is 4.98 Å². The Balaban J connectivity index is 2.33. The standard InChI is InChI=1S/C11H16N2O2S/c1-11(5-3-4-6-11)10-13-7(8(12)16-10)9(14)15-2/h3-6,12H2,1-2H3. The minimum atomic E-state index is -0.443. The number of anilines is 1. The molecule has 1 aliphatic carbocycles. The van der Waals surface area contributed by atoms with Gasteiger partial charge in [-0.2, -0.15) is 0 Å². The summed E-state index contributed by atoms with van der Waals surface area (Å²) < 4.78 is 4.65. The Labute approximate surface area is 98.8 Å². The molecule has 0 spiro atoms. The number of ether oxygens (including phenoxy) is 1. The first-order valence-corrected chi connectivity index (χ1v) is 6.23. The molecule has 1 fully saturated rings. The minimum Gasteiger partial charge on any atom is -0.464 e. The third-order valence-corrected chi connectivity index (χ3v) is 4.45. The van der Waals surface area contributed by atoms with Crippen LogP contribution in [0.1, 0.15) is 48.1 Å². The van der Waals surface area contributed by atoms with Crippen LogP contribution in [0.5, 0.6) is 0 Å². The van der Waals surface area contributed by atoms with Gasteiger partial charge in [0.1, 0.15) is 10.0 Å². The molecule has 88 valence electrons. The molecular weight excluding hydrogens is 224 g/mol. The molecule has 1 aromatic heterocycles. The van der Waals surface area contributed by atoms with Crippen LogP contribution in [-0.4, -0.2) is 18.1 Å². The fourth-order valence-electron chi connectivity index (χ4n) is 2.20. The van der Waals surface area contributed by atoms with Crippen LogP contribution in [0.4, 0.5) is 5.00 Å². The van der Waals surface area contributed by atoms with E-state index in [0.717, 1.165) is 17.8 Å². The number of nitrogens with zero attached hydrogens (tertiary/aromatic N) is 1. The van der Waals surface area contributed by atoms with Crippen LogP contribution >= 0.6 is 11.3 Å². The van der Waals surface area contributed by atoms with Crippen LogP contribution in [0.2, 0.25) is 0 Å². The van der Waals surface area contributed by atoms with Gasteiger partial charge in [0.15, 0.2) is 5.69 Å². The second-order valence-corrected chi connectivity index (χ2v) is 5.52. The first-order chi connectivity index (χ1) is 7.57. The average molecular weight is 240 g/mol. The van der Waals surface area contributed by atoms with E-state index in [2.05, 4.69) is 16.6 Å². The first kappa shape index (κ1) is 11.4. The summed E-state index contributed by atoms with van der Waals surface area (Å²) in [4.78, 5) is 15.8. The smallest absolute Gasteiger partial charge is 0.359 e. The fraction of sp³-hybridized carbons (Fsp3) is 0.636. The Morgan fingerprint density at radius 2 is 2.12 bits per heavy atom. The molecule has 2 rings (SSSR count). The molecule has 0 aromatic carbocycles. The Hall–Kier alpha value is -1.10. The molecule has 0 aliphatic heterocycles. The Kier molecular flexibility index (Phi) is 2.88. The zero-order chi connectivity index (χ0) is 11.8. The van der Waals surface area contributed by atoms with Crippen LogP contribution in [0.25, 0.3) is 0 Å². The predicted octanol–water partition coefficient (Wildman–Crippen LogP) is 2.34. The van der Waals surface area contributed by atoms with Gasteiger partial charge in [0.2, 0.25) is 0 Å². The van der Waals surface area contributed by atoms with Crippen molar-refractivity contribution >= 4 is 22.3 Å². The first-order valence-electron chi connectivity index (χ1n) is 5.42. The topological polar surface area (TPSA) is 65.2 Å². The molecule has 4 nitrogen and oxygen atoms in total. The van der Waals surface area contributed by atoms with E-state index in [1.54, 1.807) is 0 Å². The van der Waals surface area contributed by atoms with Crippen molar-refractivity contribution in [3.8, 4) is 0 Å². The van der Waals surface area contributed by atoms with E-state index in [1.165, 1.54) is 31.3 Å². The van der Waals surface area contributed by atoms with Gasteiger partial charge in [0, 0.05) is 5.41 Å². The maximum absolute atomic E-state index is 11.4. The van der Waals surface area contributed by atoms with E-state index < -0.39 is 5.97 Å². The van der Waals surface area contributed by atoms with Gasteiger partial charge >= 0.3 is 5.97 Å². The third-order valence-electron chi connectivity index (χ3n) is 3.26. The van der Waals surface area contributed by atoms with Gasteiger partial charge in [-0.05, 0) is 12.8 Å². The molecular formula is C11H16N2O2S. The van der Waals surface area contributed by atoms with Crippen LogP contribution in [0, 0.1) is 0 Å². The number of aromatic nitrogens is 1. The number of nitrogen functional groups attached to an aromatic ring is 1. The number of carbonyl (C=O) groups excluding carboxylic acids is 1. The van der Waals surface area contributed by atoms with Crippen LogP contribution < -0.4 is 5.73 Å². The molecule has 1 aliphatic rings. The number of methoxy groups -OCH3 is 1. The minimum absolute atomic E-state index is 0.102. The van der Waals surface area contributed by atoms with E-state index >= 15 is 0 Å². The SMILES string of the molecule is COC(=O)c1nc(C2(C)CCCC2)sc1N. The number of rotatable bonds is 2. The summed E-state index contributed by atoms with van der Waals surface area (Å²) in [6.45, 7) is 2.19. The van der Waals surface area contributed by atoms with E-state index in [4.69, 9.17) is 5.73 Å². The number of hydrogen-bond donors (Lipinski definition) is 1. The Morgan fingerprint density at radius 1 is 1.50 bits per heavy atom. The Morgan fingerprint density at radius 3 is 2.69 bits per heavy atom. The summed E-state index contributed by atoms with van der Waals surface area (Å²) >= 11 is 1.42. The van der Waals surface area contributed by atoms with Gasteiger partial charge in [-0.15, -0.1) is 11.3 Å². The van der Waals surface area contributed by atoms with E-state index in [-0.39, 0.29) is 11.1 Å². The number of nitrogens with two attached hydrogens (primary N) is 1. The van der Waals surface area contributed by atoms with Crippen LogP contribution in [0.15, 0.2) is 0 Å². The zero-order valence-electron chi connectivity index (χ0n) is 9.58.